The number of anilines is 1. The van der Waals surface area contributed by atoms with Gasteiger partial charge in [0.25, 0.3) is 0 Å². The molecule has 136 valence electrons. The fourth-order valence-corrected chi connectivity index (χ4v) is 3.24. The summed E-state index contributed by atoms with van der Waals surface area (Å²) >= 11 is 1.26. The highest BCUT2D eigenvalue weighted by Gasteiger charge is 2.24. The third-order valence-corrected chi connectivity index (χ3v) is 4.65. The second-order valence-corrected chi connectivity index (χ2v) is 7.11. The lowest BCUT2D eigenvalue weighted by Gasteiger charge is -2.33. The van der Waals surface area contributed by atoms with Crippen molar-refractivity contribution < 1.29 is 16.1 Å². The third-order valence-electron chi connectivity index (χ3n) is 3.91. The van der Waals surface area contributed by atoms with Gasteiger partial charge in [-0.15, -0.1) is 0 Å². The van der Waals surface area contributed by atoms with Crippen molar-refractivity contribution in [1.29, 1.82) is 0 Å². The van der Waals surface area contributed by atoms with Crippen LogP contribution in [0.3, 0.4) is 0 Å². The number of carbonyl (C=O) groups is 1. The molecule has 1 aliphatic heterocycles. The number of aromatic nitrogens is 2. The standard InChI is InChI=1S/C17H22N4O3S.H2/c1-12(2)11-24-17(23)21-9-7-20(8-10-21)16-18-15(25-19-16)13-5-3-4-6-14(13)22;/h3-6,12,22H,7-11H2,1-2H3;1H. The first-order chi connectivity index (χ1) is 12.0. The number of hydrogen-bond acceptors (Lipinski definition) is 7. The summed E-state index contributed by atoms with van der Waals surface area (Å²) in [5.41, 5.74) is 0.683. The second-order valence-electron chi connectivity index (χ2n) is 6.36. The van der Waals surface area contributed by atoms with E-state index in [1.807, 2.05) is 30.9 Å². The number of ether oxygens (including phenoxy) is 1. The number of nitrogens with zero attached hydrogens (tertiary/aromatic N) is 4. The van der Waals surface area contributed by atoms with Gasteiger partial charge >= 0.3 is 6.09 Å². The molecule has 1 aromatic heterocycles. The SMILES string of the molecule is CC(C)COC(=O)N1CCN(c2nsc(-c3ccccc3O)n2)CC1.[HH]. The van der Waals surface area contributed by atoms with Gasteiger partial charge in [-0.3, -0.25) is 0 Å². The van der Waals surface area contributed by atoms with Crippen molar-refractivity contribution in [2.75, 3.05) is 37.7 Å². The van der Waals surface area contributed by atoms with E-state index >= 15 is 0 Å². The quantitative estimate of drug-likeness (QED) is 0.898. The average Bonchev–Trinajstić information content (AvgIpc) is 3.10. The topological polar surface area (TPSA) is 78.8 Å². The maximum absolute atomic E-state index is 12.0. The molecule has 1 aliphatic rings. The molecule has 1 aromatic carbocycles. The van der Waals surface area contributed by atoms with E-state index in [2.05, 4.69) is 9.36 Å². The zero-order valence-electron chi connectivity index (χ0n) is 14.4. The lowest BCUT2D eigenvalue weighted by atomic mass is 10.2. The summed E-state index contributed by atoms with van der Waals surface area (Å²) in [7, 11) is 0. The maximum Gasteiger partial charge on any atom is 0.409 e. The number of carbonyl (C=O) groups excluding carboxylic acids is 1. The van der Waals surface area contributed by atoms with Crippen LogP contribution in [-0.4, -0.2) is 58.2 Å². The fraction of sp³-hybridized carbons (Fsp3) is 0.471. The van der Waals surface area contributed by atoms with E-state index in [9.17, 15) is 9.90 Å². The molecule has 1 saturated heterocycles. The Labute approximate surface area is 152 Å². The smallest absolute Gasteiger partial charge is 0.409 e. The van der Waals surface area contributed by atoms with Crippen molar-refractivity contribution in [2.24, 2.45) is 5.92 Å². The summed E-state index contributed by atoms with van der Waals surface area (Å²) in [5.74, 6) is 1.17. The second kappa shape index (κ2) is 7.69. The number of benzene rings is 1. The van der Waals surface area contributed by atoms with Gasteiger partial charge in [0, 0.05) is 27.6 Å². The van der Waals surface area contributed by atoms with Crippen LogP contribution < -0.4 is 4.90 Å². The minimum absolute atomic E-state index is 0. The Hall–Kier alpha value is -2.35. The fourth-order valence-electron chi connectivity index (χ4n) is 2.53. The first-order valence-electron chi connectivity index (χ1n) is 8.33. The van der Waals surface area contributed by atoms with Gasteiger partial charge in [-0.05, 0) is 29.6 Å². The molecule has 0 radical (unpaired) electrons. The van der Waals surface area contributed by atoms with Crippen LogP contribution in [-0.2, 0) is 4.74 Å². The average molecular weight is 364 g/mol. The number of para-hydroxylation sites is 1. The number of aromatic hydroxyl groups is 1. The van der Waals surface area contributed by atoms with Gasteiger partial charge in [-0.25, -0.2) is 4.79 Å². The monoisotopic (exact) mass is 364 g/mol. The Morgan fingerprint density at radius 2 is 2.04 bits per heavy atom. The summed E-state index contributed by atoms with van der Waals surface area (Å²) in [5, 5.41) is 10.6. The highest BCUT2D eigenvalue weighted by atomic mass is 32.1. The van der Waals surface area contributed by atoms with Crippen LogP contribution in [0.4, 0.5) is 10.7 Å². The Balaban J connectivity index is 0.00000243. The predicted molar refractivity (Wildman–Crippen MR) is 99.1 cm³/mol. The van der Waals surface area contributed by atoms with E-state index in [1.165, 1.54) is 11.5 Å². The van der Waals surface area contributed by atoms with Gasteiger partial charge < -0.3 is 19.6 Å². The molecule has 0 aliphatic carbocycles. The molecule has 25 heavy (non-hydrogen) atoms. The number of amides is 1. The van der Waals surface area contributed by atoms with Gasteiger partial charge in [0.05, 0.1) is 12.2 Å². The van der Waals surface area contributed by atoms with Crippen molar-refractivity contribution in [1.82, 2.24) is 14.3 Å². The molecule has 3 rings (SSSR count). The highest BCUT2D eigenvalue weighted by Crippen LogP contribution is 2.31. The third kappa shape index (κ3) is 4.19. The number of phenolic OH excluding ortho intramolecular Hbond substituents is 1. The number of rotatable bonds is 4. The van der Waals surface area contributed by atoms with Crippen molar-refractivity contribution in [3.63, 3.8) is 0 Å². The van der Waals surface area contributed by atoms with E-state index in [-0.39, 0.29) is 13.3 Å². The zero-order valence-corrected chi connectivity index (χ0v) is 15.2. The van der Waals surface area contributed by atoms with Crippen molar-refractivity contribution >= 4 is 23.6 Å². The minimum Gasteiger partial charge on any atom is -0.507 e. The molecule has 1 amide bonds. The Morgan fingerprint density at radius 3 is 2.72 bits per heavy atom. The first kappa shape index (κ1) is 17.5. The highest BCUT2D eigenvalue weighted by molar-refractivity contribution is 7.09. The van der Waals surface area contributed by atoms with Crippen molar-refractivity contribution in [2.45, 2.75) is 13.8 Å². The van der Waals surface area contributed by atoms with E-state index in [0.29, 0.717) is 55.2 Å². The molecule has 2 aromatic rings. The number of phenols is 1. The molecule has 0 bridgehead atoms. The Kier molecular flexibility index (Phi) is 5.37. The van der Waals surface area contributed by atoms with Crippen LogP contribution in [0.5, 0.6) is 5.75 Å². The maximum atomic E-state index is 12.0. The zero-order chi connectivity index (χ0) is 17.8. The van der Waals surface area contributed by atoms with Crippen molar-refractivity contribution in [3.05, 3.63) is 24.3 Å². The number of piperazine rings is 1. The van der Waals surface area contributed by atoms with Gasteiger partial charge in [-0.2, -0.15) is 9.36 Å². The Morgan fingerprint density at radius 1 is 1.32 bits per heavy atom. The van der Waals surface area contributed by atoms with Crippen molar-refractivity contribution in [3.8, 4) is 16.3 Å². The molecule has 8 heteroatoms. The lowest BCUT2D eigenvalue weighted by Crippen LogP contribution is -2.49. The molecule has 0 atom stereocenters. The summed E-state index contributed by atoms with van der Waals surface area (Å²) in [6, 6.07) is 7.09. The summed E-state index contributed by atoms with van der Waals surface area (Å²) in [4.78, 5) is 20.3. The molecule has 0 saturated carbocycles. The molecule has 1 N–H and O–H groups in total. The Bertz CT molecular complexity index is 732. The van der Waals surface area contributed by atoms with Gasteiger partial charge in [0.1, 0.15) is 10.8 Å². The van der Waals surface area contributed by atoms with E-state index in [4.69, 9.17) is 4.74 Å². The van der Waals surface area contributed by atoms with Gasteiger partial charge in [0.15, 0.2) is 0 Å². The van der Waals surface area contributed by atoms with Gasteiger partial charge in [-0.1, -0.05) is 26.0 Å². The van der Waals surface area contributed by atoms with Crippen LogP contribution >= 0.6 is 11.5 Å². The molecule has 0 unspecified atom stereocenters. The normalized spacial score (nSPS) is 14.8. The van der Waals surface area contributed by atoms with Crippen LogP contribution in [0, 0.1) is 5.92 Å². The lowest BCUT2D eigenvalue weighted by molar-refractivity contribution is 0.0900. The minimum atomic E-state index is -0.255. The number of hydrogen-bond donors (Lipinski definition) is 1. The van der Waals surface area contributed by atoms with Crippen LogP contribution in [0.15, 0.2) is 24.3 Å². The molecular formula is C17H24N4O3S. The van der Waals surface area contributed by atoms with Crippen LogP contribution in [0.2, 0.25) is 0 Å². The molecule has 1 fully saturated rings. The van der Waals surface area contributed by atoms with E-state index < -0.39 is 0 Å². The molecule has 0 spiro atoms. The largest absolute Gasteiger partial charge is 0.507 e. The molecular weight excluding hydrogens is 340 g/mol. The van der Waals surface area contributed by atoms with Gasteiger partial charge in [0.2, 0.25) is 5.95 Å². The van der Waals surface area contributed by atoms with Crippen LogP contribution in [0.25, 0.3) is 10.6 Å². The molecule has 7 nitrogen and oxygen atoms in total. The molecule has 2 heterocycles. The van der Waals surface area contributed by atoms with Crippen LogP contribution in [0.1, 0.15) is 15.3 Å². The van der Waals surface area contributed by atoms with E-state index in [1.54, 1.807) is 17.0 Å². The summed E-state index contributed by atoms with van der Waals surface area (Å²) < 4.78 is 9.67. The summed E-state index contributed by atoms with van der Waals surface area (Å²) in [6.07, 6.45) is -0.255. The summed E-state index contributed by atoms with van der Waals surface area (Å²) in [6.45, 7) is 6.96. The predicted octanol–water partition coefficient (Wildman–Crippen LogP) is 3.07. The first-order valence-corrected chi connectivity index (χ1v) is 9.10. The van der Waals surface area contributed by atoms with E-state index in [0.717, 1.165) is 0 Å².